The van der Waals surface area contributed by atoms with Gasteiger partial charge in [-0.2, -0.15) is 4.98 Å². The number of nitrogens with zero attached hydrogens (tertiary/aromatic N) is 5. The third-order valence-electron chi connectivity index (χ3n) is 6.80. The van der Waals surface area contributed by atoms with Crippen LogP contribution in [0.3, 0.4) is 0 Å². The molecule has 0 spiro atoms. The summed E-state index contributed by atoms with van der Waals surface area (Å²) in [7, 11) is 2.15. The minimum Gasteiger partial charge on any atom is -0.391 e. The lowest BCUT2D eigenvalue weighted by Gasteiger charge is -2.34. The van der Waals surface area contributed by atoms with Crippen molar-refractivity contribution in [3.05, 3.63) is 65.9 Å². The Labute approximate surface area is 211 Å². The van der Waals surface area contributed by atoms with Crippen molar-refractivity contribution in [2.45, 2.75) is 19.4 Å². The first-order valence-electron chi connectivity index (χ1n) is 12.4. The second kappa shape index (κ2) is 10.5. The first-order chi connectivity index (χ1) is 17.5. The number of hydrogen-bond acceptors (Lipinski definition) is 8. The van der Waals surface area contributed by atoms with Gasteiger partial charge in [0.15, 0.2) is 0 Å². The first-order valence-corrected chi connectivity index (χ1v) is 12.4. The molecule has 1 atom stereocenters. The molecule has 5 rings (SSSR count). The summed E-state index contributed by atoms with van der Waals surface area (Å²) in [6.45, 7) is 6.96. The van der Waals surface area contributed by atoms with Crippen LogP contribution in [0, 0.1) is 6.92 Å². The molecule has 2 aliphatic rings. The average molecular weight is 488 g/mol. The van der Waals surface area contributed by atoms with Gasteiger partial charge in [-0.25, -0.2) is 4.98 Å². The van der Waals surface area contributed by atoms with Crippen molar-refractivity contribution in [2.75, 3.05) is 61.8 Å². The van der Waals surface area contributed by atoms with E-state index in [-0.39, 0.29) is 5.91 Å². The molecule has 2 fully saturated rings. The fourth-order valence-corrected chi connectivity index (χ4v) is 4.61. The average Bonchev–Trinajstić information content (AvgIpc) is 3.33. The van der Waals surface area contributed by atoms with Crippen LogP contribution in [0.5, 0.6) is 0 Å². The highest BCUT2D eigenvalue weighted by Gasteiger charge is 2.27. The molecule has 2 aromatic carbocycles. The number of anilines is 5. The largest absolute Gasteiger partial charge is 0.391 e. The van der Waals surface area contributed by atoms with Crippen molar-refractivity contribution in [3.63, 3.8) is 0 Å². The quantitative estimate of drug-likeness (QED) is 0.488. The lowest BCUT2D eigenvalue weighted by molar-refractivity contribution is 0.0766. The second-order valence-electron chi connectivity index (χ2n) is 9.56. The van der Waals surface area contributed by atoms with Crippen molar-refractivity contribution >= 4 is 34.7 Å². The molecule has 0 aliphatic carbocycles. The first kappa shape index (κ1) is 24.0. The van der Waals surface area contributed by atoms with E-state index in [1.807, 2.05) is 37.3 Å². The summed E-state index contributed by atoms with van der Waals surface area (Å²) in [5.41, 5.74) is 4.20. The number of carbonyl (C=O) groups excluding carboxylic acids is 1. The number of nitrogens with one attached hydrogen (secondary N) is 2. The molecule has 3 heterocycles. The van der Waals surface area contributed by atoms with E-state index in [0.29, 0.717) is 42.5 Å². The summed E-state index contributed by atoms with van der Waals surface area (Å²) in [5.74, 6) is 1.01. The number of aromatic nitrogens is 2. The molecular formula is C27H33N7O2. The van der Waals surface area contributed by atoms with Crippen LogP contribution in [0.15, 0.2) is 54.7 Å². The summed E-state index contributed by atoms with van der Waals surface area (Å²) in [6.07, 6.45) is 1.92. The molecule has 188 valence electrons. The predicted molar refractivity (Wildman–Crippen MR) is 142 cm³/mol. The SMILES string of the molecule is Cc1cnc(Nc2cccc(N3CCN(C)CC3)c2)nc1Nc1ccccc1C(=O)N1CC[C@@H](O)C1. The van der Waals surface area contributed by atoms with E-state index < -0.39 is 6.10 Å². The molecular weight excluding hydrogens is 454 g/mol. The van der Waals surface area contributed by atoms with E-state index in [0.717, 1.165) is 37.4 Å². The zero-order valence-electron chi connectivity index (χ0n) is 20.8. The van der Waals surface area contributed by atoms with Crippen molar-refractivity contribution in [2.24, 2.45) is 0 Å². The number of aryl methyl sites for hydroxylation is 1. The fraction of sp³-hybridized carbons (Fsp3) is 0.370. The van der Waals surface area contributed by atoms with Crippen LogP contribution in [-0.4, -0.2) is 83.2 Å². The summed E-state index contributed by atoms with van der Waals surface area (Å²) in [6, 6.07) is 15.7. The van der Waals surface area contributed by atoms with Crippen molar-refractivity contribution in [1.29, 1.82) is 0 Å². The molecule has 0 unspecified atom stereocenters. The summed E-state index contributed by atoms with van der Waals surface area (Å²) in [5, 5.41) is 16.5. The standard InChI is InChI=1S/C27H33N7O2/c1-19-17-28-27(29-20-6-5-7-21(16-20)33-14-12-32(2)13-15-33)31-25(19)30-24-9-4-3-8-23(24)26(36)34-11-10-22(35)18-34/h3-9,16-17,22,35H,10-15,18H2,1-2H3,(H2,28,29,30,31)/t22-/m1/s1. The van der Waals surface area contributed by atoms with Gasteiger partial charge in [0, 0.05) is 62.4 Å². The second-order valence-corrected chi connectivity index (χ2v) is 9.56. The van der Waals surface area contributed by atoms with Gasteiger partial charge in [-0.1, -0.05) is 18.2 Å². The Morgan fingerprint density at radius 3 is 2.61 bits per heavy atom. The van der Waals surface area contributed by atoms with Gasteiger partial charge in [0.25, 0.3) is 5.91 Å². The summed E-state index contributed by atoms with van der Waals surface area (Å²) in [4.78, 5) is 28.7. The summed E-state index contributed by atoms with van der Waals surface area (Å²) >= 11 is 0. The van der Waals surface area contributed by atoms with Crippen molar-refractivity contribution in [3.8, 4) is 0 Å². The molecule has 0 radical (unpaired) electrons. The van der Waals surface area contributed by atoms with Crippen LogP contribution in [0.1, 0.15) is 22.3 Å². The van der Waals surface area contributed by atoms with E-state index in [9.17, 15) is 9.90 Å². The molecule has 2 saturated heterocycles. The molecule has 3 aromatic rings. The molecule has 36 heavy (non-hydrogen) atoms. The van der Waals surface area contributed by atoms with Gasteiger partial charge in [0.1, 0.15) is 5.82 Å². The maximum absolute atomic E-state index is 13.1. The zero-order valence-corrected chi connectivity index (χ0v) is 20.8. The molecule has 9 heteroatoms. The lowest BCUT2D eigenvalue weighted by Crippen LogP contribution is -2.44. The highest BCUT2D eigenvalue weighted by atomic mass is 16.3. The Kier molecular flexibility index (Phi) is 7.02. The molecule has 1 amide bonds. The van der Waals surface area contributed by atoms with E-state index in [1.54, 1.807) is 17.2 Å². The molecule has 3 N–H and O–H groups in total. The minimum absolute atomic E-state index is 0.0968. The maximum Gasteiger partial charge on any atom is 0.256 e. The number of piperazine rings is 1. The number of para-hydroxylation sites is 1. The minimum atomic E-state index is -0.457. The monoisotopic (exact) mass is 487 g/mol. The lowest BCUT2D eigenvalue weighted by atomic mass is 10.1. The van der Waals surface area contributed by atoms with Crippen molar-refractivity contribution in [1.82, 2.24) is 19.8 Å². The molecule has 1 aromatic heterocycles. The van der Waals surface area contributed by atoms with Crippen LogP contribution in [0.2, 0.25) is 0 Å². The van der Waals surface area contributed by atoms with Crippen molar-refractivity contribution < 1.29 is 9.90 Å². The van der Waals surface area contributed by atoms with E-state index in [4.69, 9.17) is 4.98 Å². The number of amides is 1. The van der Waals surface area contributed by atoms with E-state index in [2.05, 4.69) is 44.6 Å². The third kappa shape index (κ3) is 5.42. The van der Waals surface area contributed by atoms with Crippen LogP contribution >= 0.6 is 0 Å². The van der Waals surface area contributed by atoms with Gasteiger partial charge in [-0.05, 0) is 50.7 Å². The Morgan fingerprint density at radius 1 is 1.03 bits per heavy atom. The molecule has 0 bridgehead atoms. The maximum atomic E-state index is 13.1. The van der Waals surface area contributed by atoms with Crippen LogP contribution < -0.4 is 15.5 Å². The number of carbonyl (C=O) groups is 1. The van der Waals surface area contributed by atoms with Gasteiger partial charge >= 0.3 is 0 Å². The van der Waals surface area contributed by atoms with Gasteiger partial charge < -0.3 is 30.4 Å². The number of β-amino-alcohol motifs (C(OH)–C–C–N with tert-alkyl or cyclic N) is 1. The van der Waals surface area contributed by atoms with Gasteiger partial charge in [-0.15, -0.1) is 0 Å². The van der Waals surface area contributed by atoms with Gasteiger partial charge in [0.05, 0.1) is 17.4 Å². The van der Waals surface area contributed by atoms with E-state index in [1.165, 1.54) is 5.69 Å². The van der Waals surface area contributed by atoms with Crippen LogP contribution in [0.25, 0.3) is 0 Å². The number of aliphatic hydroxyl groups is 1. The third-order valence-corrected chi connectivity index (χ3v) is 6.80. The number of hydrogen-bond donors (Lipinski definition) is 3. The highest BCUT2D eigenvalue weighted by molar-refractivity contribution is 6.00. The molecule has 0 saturated carbocycles. The number of aliphatic hydroxyl groups excluding tert-OH is 1. The Bertz CT molecular complexity index is 1230. The smallest absolute Gasteiger partial charge is 0.256 e. The van der Waals surface area contributed by atoms with Gasteiger partial charge in [-0.3, -0.25) is 4.79 Å². The number of likely N-dealkylation sites (tertiary alicyclic amines) is 1. The van der Waals surface area contributed by atoms with E-state index >= 15 is 0 Å². The Morgan fingerprint density at radius 2 is 1.83 bits per heavy atom. The Balaban J connectivity index is 1.33. The number of likely N-dealkylation sites (N-methyl/N-ethyl adjacent to an activating group) is 1. The summed E-state index contributed by atoms with van der Waals surface area (Å²) < 4.78 is 0. The van der Waals surface area contributed by atoms with Crippen LogP contribution in [-0.2, 0) is 0 Å². The highest BCUT2D eigenvalue weighted by Crippen LogP contribution is 2.27. The normalized spacial score (nSPS) is 18.4. The Hall–Kier alpha value is -3.69. The molecule has 2 aliphatic heterocycles. The zero-order chi connectivity index (χ0) is 25.1. The number of rotatable bonds is 6. The number of benzene rings is 2. The topological polar surface area (TPSA) is 96.9 Å². The predicted octanol–water partition coefficient (Wildman–Crippen LogP) is 3.23. The van der Waals surface area contributed by atoms with Gasteiger partial charge in [0.2, 0.25) is 5.95 Å². The van der Waals surface area contributed by atoms with Crippen LogP contribution in [0.4, 0.5) is 28.8 Å². The molecule has 9 nitrogen and oxygen atoms in total. The fourth-order valence-electron chi connectivity index (χ4n) is 4.61.